The molecule has 0 atom stereocenters. The molecule has 0 fully saturated rings. The van der Waals surface area contributed by atoms with E-state index in [4.69, 9.17) is 10.5 Å². The third-order valence-corrected chi connectivity index (χ3v) is 3.92. The van der Waals surface area contributed by atoms with E-state index in [0.717, 1.165) is 36.4 Å². The maximum atomic E-state index is 12.5. The third-order valence-electron chi connectivity index (χ3n) is 3.92. The first kappa shape index (κ1) is 14.4. The van der Waals surface area contributed by atoms with Gasteiger partial charge in [-0.2, -0.15) is 0 Å². The van der Waals surface area contributed by atoms with Crippen molar-refractivity contribution in [1.82, 2.24) is 0 Å². The summed E-state index contributed by atoms with van der Waals surface area (Å²) in [6, 6.07) is 13.1. The molecule has 3 rings (SSSR count). The fraction of sp³-hybridized carbons (Fsp3) is 0.278. The first-order valence-electron chi connectivity index (χ1n) is 7.63. The number of rotatable bonds is 5. The van der Waals surface area contributed by atoms with Gasteiger partial charge in [0, 0.05) is 22.5 Å². The minimum atomic E-state index is 0.00181. The summed E-state index contributed by atoms with van der Waals surface area (Å²) in [7, 11) is 0. The predicted octanol–water partition coefficient (Wildman–Crippen LogP) is 3.61. The second-order valence-corrected chi connectivity index (χ2v) is 5.46. The lowest BCUT2D eigenvalue weighted by Gasteiger charge is -2.16. The van der Waals surface area contributed by atoms with Gasteiger partial charge in [0.05, 0.1) is 13.2 Å². The second-order valence-electron chi connectivity index (χ2n) is 5.46. The van der Waals surface area contributed by atoms with Crippen LogP contribution in [0.5, 0.6) is 5.75 Å². The Hall–Kier alpha value is -2.49. The zero-order chi connectivity index (χ0) is 15.5. The van der Waals surface area contributed by atoms with Crippen LogP contribution in [0.1, 0.15) is 35.7 Å². The van der Waals surface area contributed by atoms with E-state index < -0.39 is 0 Å². The Kier molecular flexibility index (Phi) is 4.00. The minimum Gasteiger partial charge on any atom is -0.494 e. The van der Waals surface area contributed by atoms with Crippen LogP contribution in [0.15, 0.2) is 42.5 Å². The zero-order valence-corrected chi connectivity index (χ0v) is 12.7. The van der Waals surface area contributed by atoms with Crippen LogP contribution >= 0.6 is 0 Å². The van der Waals surface area contributed by atoms with Crippen LogP contribution in [-0.4, -0.2) is 12.5 Å². The lowest BCUT2D eigenvalue weighted by atomic mass is 10.1. The van der Waals surface area contributed by atoms with E-state index in [9.17, 15) is 4.79 Å². The molecule has 1 amide bonds. The number of hydrogen-bond acceptors (Lipinski definition) is 3. The first-order chi connectivity index (χ1) is 10.7. The molecule has 0 radical (unpaired) electrons. The van der Waals surface area contributed by atoms with Gasteiger partial charge in [0.2, 0.25) is 0 Å². The molecule has 2 aromatic carbocycles. The maximum Gasteiger partial charge on any atom is 0.259 e. The van der Waals surface area contributed by atoms with Crippen molar-refractivity contribution in [2.24, 2.45) is 0 Å². The average Bonchev–Trinajstić information content (AvgIpc) is 2.87. The normalized spacial score (nSPS) is 13.3. The average molecular weight is 296 g/mol. The number of unbranched alkanes of at least 4 members (excludes halogenated alkanes) is 1. The summed E-state index contributed by atoms with van der Waals surface area (Å²) in [4.78, 5) is 14.2. The van der Waals surface area contributed by atoms with E-state index in [0.29, 0.717) is 17.8 Å². The molecule has 22 heavy (non-hydrogen) atoms. The maximum absolute atomic E-state index is 12.5. The quantitative estimate of drug-likeness (QED) is 0.677. The summed E-state index contributed by atoms with van der Waals surface area (Å²) >= 11 is 0. The van der Waals surface area contributed by atoms with Gasteiger partial charge in [0.15, 0.2) is 0 Å². The zero-order valence-electron chi connectivity index (χ0n) is 12.7. The molecule has 4 nitrogen and oxygen atoms in total. The van der Waals surface area contributed by atoms with Crippen molar-refractivity contribution in [1.29, 1.82) is 0 Å². The lowest BCUT2D eigenvalue weighted by molar-refractivity contribution is 0.0996. The van der Waals surface area contributed by atoms with Crippen molar-refractivity contribution in [3.63, 3.8) is 0 Å². The second kappa shape index (κ2) is 6.10. The summed E-state index contributed by atoms with van der Waals surface area (Å²) in [5, 5.41) is 0. The smallest absolute Gasteiger partial charge is 0.259 e. The number of benzene rings is 2. The number of anilines is 2. The Labute approximate surface area is 130 Å². The predicted molar refractivity (Wildman–Crippen MR) is 88.2 cm³/mol. The Morgan fingerprint density at radius 3 is 2.64 bits per heavy atom. The van der Waals surface area contributed by atoms with Gasteiger partial charge in [-0.15, -0.1) is 0 Å². The van der Waals surface area contributed by atoms with Crippen LogP contribution in [0.25, 0.3) is 0 Å². The van der Waals surface area contributed by atoms with E-state index in [1.54, 1.807) is 4.90 Å². The molecule has 0 saturated heterocycles. The van der Waals surface area contributed by atoms with Gasteiger partial charge in [-0.3, -0.25) is 4.79 Å². The fourth-order valence-electron chi connectivity index (χ4n) is 2.62. The summed E-state index contributed by atoms with van der Waals surface area (Å²) in [5.74, 6) is 0.836. The number of amides is 1. The van der Waals surface area contributed by atoms with Crippen LogP contribution in [0.4, 0.5) is 11.4 Å². The highest BCUT2D eigenvalue weighted by molar-refractivity contribution is 6.11. The number of nitrogens with two attached hydrogens (primary N) is 1. The van der Waals surface area contributed by atoms with E-state index in [1.165, 1.54) is 0 Å². The van der Waals surface area contributed by atoms with Crippen molar-refractivity contribution < 1.29 is 9.53 Å². The lowest BCUT2D eigenvalue weighted by Crippen LogP contribution is -2.22. The van der Waals surface area contributed by atoms with Gasteiger partial charge in [-0.05, 0) is 42.8 Å². The Bertz CT molecular complexity index is 680. The van der Waals surface area contributed by atoms with Crippen molar-refractivity contribution >= 4 is 17.3 Å². The molecule has 2 aromatic rings. The van der Waals surface area contributed by atoms with Crippen LogP contribution in [0, 0.1) is 0 Å². The summed E-state index contributed by atoms with van der Waals surface area (Å²) < 4.78 is 5.65. The molecule has 1 heterocycles. The molecule has 0 spiro atoms. The number of hydrogen-bond donors (Lipinski definition) is 1. The largest absolute Gasteiger partial charge is 0.494 e. The van der Waals surface area contributed by atoms with Crippen molar-refractivity contribution in [2.45, 2.75) is 26.3 Å². The van der Waals surface area contributed by atoms with Gasteiger partial charge in [-0.1, -0.05) is 19.4 Å². The molecular weight excluding hydrogens is 276 g/mol. The molecular formula is C18H20N2O2. The van der Waals surface area contributed by atoms with E-state index in [1.807, 2.05) is 42.5 Å². The monoisotopic (exact) mass is 296 g/mol. The molecule has 1 aliphatic rings. The van der Waals surface area contributed by atoms with E-state index in [2.05, 4.69) is 6.92 Å². The molecule has 0 saturated carbocycles. The number of nitrogens with zero attached hydrogens (tertiary/aromatic N) is 1. The highest BCUT2D eigenvalue weighted by Gasteiger charge is 2.29. The number of ether oxygens (including phenoxy) is 1. The number of nitrogen functional groups attached to an aromatic ring is 1. The van der Waals surface area contributed by atoms with Gasteiger partial charge in [0.1, 0.15) is 5.75 Å². The van der Waals surface area contributed by atoms with Gasteiger partial charge in [0.25, 0.3) is 5.91 Å². The van der Waals surface area contributed by atoms with Crippen molar-refractivity contribution in [3.05, 3.63) is 53.6 Å². The Morgan fingerprint density at radius 2 is 1.95 bits per heavy atom. The first-order valence-corrected chi connectivity index (χ1v) is 7.63. The summed E-state index contributed by atoms with van der Waals surface area (Å²) in [5.41, 5.74) is 9.12. The topological polar surface area (TPSA) is 55.6 Å². The molecule has 114 valence electrons. The van der Waals surface area contributed by atoms with Gasteiger partial charge < -0.3 is 15.4 Å². The van der Waals surface area contributed by atoms with Gasteiger partial charge >= 0.3 is 0 Å². The van der Waals surface area contributed by atoms with E-state index in [-0.39, 0.29) is 5.91 Å². The third kappa shape index (κ3) is 2.64. The Morgan fingerprint density at radius 1 is 1.18 bits per heavy atom. The molecule has 0 aromatic heterocycles. The summed E-state index contributed by atoms with van der Waals surface area (Å²) in [6.07, 6.45) is 2.15. The highest BCUT2D eigenvalue weighted by atomic mass is 16.5. The molecule has 1 aliphatic heterocycles. The summed E-state index contributed by atoms with van der Waals surface area (Å²) in [6.45, 7) is 3.38. The minimum absolute atomic E-state index is 0.00181. The molecule has 0 bridgehead atoms. The van der Waals surface area contributed by atoms with Crippen molar-refractivity contribution in [2.75, 3.05) is 17.2 Å². The molecule has 0 unspecified atom stereocenters. The number of carbonyl (C=O) groups is 1. The molecule has 2 N–H and O–H groups in total. The fourth-order valence-corrected chi connectivity index (χ4v) is 2.62. The standard InChI is InChI=1S/C18H20N2O2/c1-2-3-11-22-14-9-7-13(8-10-14)20-12-16-15(18(20)21)5-4-6-17(16)19/h4-10H,2-3,11-12,19H2,1H3. The number of carbonyl (C=O) groups excluding carboxylic acids is 1. The van der Waals surface area contributed by atoms with Crippen LogP contribution in [0.2, 0.25) is 0 Å². The highest BCUT2D eigenvalue weighted by Crippen LogP contribution is 2.32. The molecule has 4 heteroatoms. The van der Waals surface area contributed by atoms with Crippen molar-refractivity contribution in [3.8, 4) is 5.75 Å². The van der Waals surface area contributed by atoms with Crippen LogP contribution < -0.4 is 15.4 Å². The Balaban J connectivity index is 1.76. The SMILES string of the molecule is CCCCOc1ccc(N2Cc3c(N)cccc3C2=O)cc1. The van der Waals surface area contributed by atoms with Gasteiger partial charge in [-0.25, -0.2) is 0 Å². The molecule has 0 aliphatic carbocycles. The van der Waals surface area contributed by atoms with Crippen LogP contribution in [0.3, 0.4) is 0 Å². The number of fused-ring (bicyclic) bond motifs is 1. The van der Waals surface area contributed by atoms with E-state index >= 15 is 0 Å². The van der Waals surface area contributed by atoms with Crippen LogP contribution in [-0.2, 0) is 6.54 Å².